The summed E-state index contributed by atoms with van der Waals surface area (Å²) in [5.74, 6) is 0.167. The number of rotatable bonds is 6. The minimum absolute atomic E-state index is 0.0142. The molecule has 6 nitrogen and oxygen atoms in total. The fourth-order valence-electron chi connectivity index (χ4n) is 3.33. The first-order valence-electron chi connectivity index (χ1n) is 9.66. The maximum absolute atomic E-state index is 13.0. The second kappa shape index (κ2) is 9.28. The van der Waals surface area contributed by atoms with Crippen molar-refractivity contribution in [2.75, 3.05) is 37.7 Å². The highest BCUT2D eigenvalue weighted by Gasteiger charge is 2.21. The van der Waals surface area contributed by atoms with E-state index in [0.717, 1.165) is 24.3 Å². The van der Waals surface area contributed by atoms with E-state index in [1.54, 1.807) is 23.1 Å². The number of anilines is 1. The van der Waals surface area contributed by atoms with E-state index >= 15 is 0 Å². The number of hydrogen-bond acceptors (Lipinski definition) is 5. The topological polar surface area (TPSA) is 58.8 Å². The van der Waals surface area contributed by atoms with Crippen molar-refractivity contribution in [2.24, 2.45) is 0 Å². The molecule has 2 aromatic carbocycles. The highest BCUT2D eigenvalue weighted by atomic mass is 35.5. The highest BCUT2D eigenvalue weighted by Crippen LogP contribution is 2.21. The first-order chi connectivity index (χ1) is 14.6. The van der Waals surface area contributed by atoms with E-state index in [9.17, 15) is 9.18 Å². The first kappa shape index (κ1) is 20.4. The van der Waals surface area contributed by atoms with Gasteiger partial charge in [0, 0.05) is 48.5 Å². The number of nitrogens with zero attached hydrogens (tertiary/aromatic N) is 3. The Morgan fingerprint density at radius 1 is 1.07 bits per heavy atom. The van der Waals surface area contributed by atoms with Gasteiger partial charge in [-0.15, -0.1) is 0 Å². The Morgan fingerprint density at radius 2 is 1.77 bits per heavy atom. The van der Waals surface area contributed by atoms with E-state index in [2.05, 4.69) is 10.1 Å². The predicted octanol–water partition coefficient (Wildman–Crippen LogP) is 4.00. The zero-order valence-electron chi connectivity index (χ0n) is 16.3. The van der Waals surface area contributed by atoms with Crippen LogP contribution in [0.1, 0.15) is 5.69 Å². The van der Waals surface area contributed by atoms with Crippen LogP contribution < -0.4 is 4.90 Å². The molecule has 1 aromatic heterocycles. The molecule has 4 rings (SSSR count). The van der Waals surface area contributed by atoms with E-state index in [1.807, 2.05) is 24.3 Å². The first-order valence-corrected chi connectivity index (χ1v) is 10.0. The summed E-state index contributed by atoms with van der Waals surface area (Å²) in [6.07, 6.45) is 0. The average molecular weight is 430 g/mol. The number of ether oxygens (including phenoxy) is 1. The Kier molecular flexibility index (Phi) is 6.30. The Balaban J connectivity index is 1.22. The molecule has 3 aromatic rings. The predicted molar refractivity (Wildman–Crippen MR) is 112 cm³/mol. The van der Waals surface area contributed by atoms with Crippen molar-refractivity contribution in [3.63, 3.8) is 0 Å². The number of carbonyl (C=O) groups is 1. The van der Waals surface area contributed by atoms with E-state index in [4.69, 9.17) is 20.9 Å². The van der Waals surface area contributed by atoms with E-state index in [1.165, 1.54) is 12.1 Å². The number of carbonyl (C=O) groups excluding carboxylic acids is 1. The van der Waals surface area contributed by atoms with Gasteiger partial charge >= 0.3 is 0 Å². The van der Waals surface area contributed by atoms with Gasteiger partial charge in [-0.2, -0.15) is 0 Å². The Labute approximate surface area is 178 Å². The van der Waals surface area contributed by atoms with Gasteiger partial charge in [-0.25, -0.2) is 4.39 Å². The van der Waals surface area contributed by atoms with Crippen LogP contribution in [0, 0.1) is 5.82 Å². The lowest BCUT2D eigenvalue weighted by molar-refractivity contribution is -0.136. The SMILES string of the molecule is O=C(COCc1cc(-c2ccc(F)cc2)on1)N1CCN(c2ccc(Cl)cc2)CC1. The van der Waals surface area contributed by atoms with Crippen LogP contribution in [0.5, 0.6) is 0 Å². The van der Waals surface area contributed by atoms with E-state index in [0.29, 0.717) is 29.6 Å². The number of halogens is 2. The lowest BCUT2D eigenvalue weighted by Gasteiger charge is -2.36. The standard InChI is InChI=1S/C22H21ClFN3O3/c23-17-3-7-20(8-4-17)26-9-11-27(12-10-26)22(28)15-29-14-19-13-21(30-25-19)16-1-5-18(24)6-2-16/h1-8,13H,9-12,14-15H2. The van der Waals surface area contributed by atoms with Gasteiger partial charge in [0.2, 0.25) is 5.91 Å². The molecule has 156 valence electrons. The largest absolute Gasteiger partial charge is 0.368 e. The fraction of sp³-hybridized carbons (Fsp3) is 0.273. The third kappa shape index (κ3) is 4.98. The number of hydrogen-bond donors (Lipinski definition) is 0. The molecule has 0 saturated carbocycles. The lowest BCUT2D eigenvalue weighted by Crippen LogP contribution is -2.49. The lowest BCUT2D eigenvalue weighted by atomic mass is 10.1. The summed E-state index contributed by atoms with van der Waals surface area (Å²) in [7, 11) is 0. The van der Waals surface area contributed by atoms with E-state index in [-0.39, 0.29) is 24.9 Å². The van der Waals surface area contributed by atoms with Crippen LogP contribution in [0.25, 0.3) is 11.3 Å². The molecule has 1 amide bonds. The molecule has 0 atom stereocenters. The van der Waals surface area contributed by atoms with Gasteiger partial charge < -0.3 is 19.1 Å². The van der Waals surface area contributed by atoms with Gasteiger partial charge in [0.15, 0.2) is 5.76 Å². The second-order valence-corrected chi connectivity index (χ2v) is 7.46. The molecule has 0 N–H and O–H groups in total. The molecular weight excluding hydrogens is 409 g/mol. The zero-order valence-corrected chi connectivity index (χ0v) is 17.0. The van der Waals surface area contributed by atoms with Crippen LogP contribution in [-0.4, -0.2) is 48.7 Å². The van der Waals surface area contributed by atoms with Gasteiger partial charge in [-0.1, -0.05) is 16.8 Å². The normalized spacial score (nSPS) is 14.2. The minimum Gasteiger partial charge on any atom is -0.368 e. The highest BCUT2D eigenvalue weighted by molar-refractivity contribution is 6.30. The van der Waals surface area contributed by atoms with Crippen LogP contribution in [0.15, 0.2) is 59.1 Å². The van der Waals surface area contributed by atoms with Crippen molar-refractivity contribution in [2.45, 2.75) is 6.61 Å². The third-order valence-electron chi connectivity index (χ3n) is 4.99. The van der Waals surface area contributed by atoms with Crippen LogP contribution in [0.3, 0.4) is 0 Å². The monoisotopic (exact) mass is 429 g/mol. The number of amides is 1. The summed E-state index contributed by atoms with van der Waals surface area (Å²) in [4.78, 5) is 16.5. The van der Waals surface area contributed by atoms with Gasteiger partial charge in [0.1, 0.15) is 18.1 Å². The Hall–Kier alpha value is -2.90. The van der Waals surface area contributed by atoms with Crippen LogP contribution in [-0.2, 0) is 16.1 Å². The maximum Gasteiger partial charge on any atom is 0.248 e. The van der Waals surface area contributed by atoms with Crippen molar-refractivity contribution in [1.82, 2.24) is 10.1 Å². The molecule has 1 aliphatic rings. The van der Waals surface area contributed by atoms with Crippen LogP contribution in [0.2, 0.25) is 5.02 Å². The maximum atomic E-state index is 13.0. The van der Waals surface area contributed by atoms with Gasteiger partial charge in [0.25, 0.3) is 0 Å². The summed E-state index contributed by atoms with van der Waals surface area (Å²) in [5.41, 5.74) is 2.41. The summed E-state index contributed by atoms with van der Waals surface area (Å²) < 4.78 is 23.8. The number of aromatic nitrogens is 1. The molecule has 0 spiro atoms. The van der Waals surface area contributed by atoms with Crippen molar-refractivity contribution in [1.29, 1.82) is 0 Å². The summed E-state index contributed by atoms with van der Waals surface area (Å²) in [6.45, 7) is 2.96. The molecule has 1 aliphatic heterocycles. The molecule has 0 radical (unpaired) electrons. The smallest absolute Gasteiger partial charge is 0.248 e. The number of piperazine rings is 1. The molecular formula is C22H21ClFN3O3. The van der Waals surface area contributed by atoms with Crippen molar-refractivity contribution >= 4 is 23.2 Å². The van der Waals surface area contributed by atoms with Crippen molar-refractivity contribution in [3.8, 4) is 11.3 Å². The Bertz CT molecular complexity index is 984. The molecule has 1 fully saturated rings. The molecule has 2 heterocycles. The molecule has 30 heavy (non-hydrogen) atoms. The Morgan fingerprint density at radius 3 is 2.47 bits per heavy atom. The summed E-state index contributed by atoms with van der Waals surface area (Å²) in [6, 6.07) is 15.4. The van der Waals surface area contributed by atoms with E-state index < -0.39 is 0 Å². The summed E-state index contributed by atoms with van der Waals surface area (Å²) in [5, 5.41) is 4.65. The van der Waals surface area contributed by atoms with Gasteiger partial charge in [0.05, 0.1) is 6.61 Å². The van der Waals surface area contributed by atoms with Crippen molar-refractivity contribution in [3.05, 3.63) is 71.1 Å². The number of benzene rings is 2. The molecule has 0 bridgehead atoms. The molecule has 1 saturated heterocycles. The minimum atomic E-state index is -0.311. The van der Waals surface area contributed by atoms with Gasteiger partial charge in [-0.3, -0.25) is 4.79 Å². The quantitative estimate of drug-likeness (QED) is 0.592. The van der Waals surface area contributed by atoms with Crippen molar-refractivity contribution < 1.29 is 18.4 Å². The van der Waals surface area contributed by atoms with Gasteiger partial charge in [-0.05, 0) is 48.5 Å². The molecule has 0 aliphatic carbocycles. The molecule has 8 heteroatoms. The zero-order chi connectivity index (χ0) is 20.9. The second-order valence-electron chi connectivity index (χ2n) is 7.03. The fourth-order valence-corrected chi connectivity index (χ4v) is 3.46. The van der Waals surface area contributed by atoms with Crippen LogP contribution in [0.4, 0.5) is 10.1 Å². The average Bonchev–Trinajstić information content (AvgIpc) is 3.24. The summed E-state index contributed by atoms with van der Waals surface area (Å²) >= 11 is 5.94. The van der Waals surface area contributed by atoms with Crippen LogP contribution >= 0.6 is 11.6 Å². The third-order valence-corrected chi connectivity index (χ3v) is 5.24. The molecule has 0 unspecified atom stereocenters.